The third kappa shape index (κ3) is 5.98. The summed E-state index contributed by atoms with van der Waals surface area (Å²) < 4.78 is 4.43. The standard InChI is InChI=1S/C5H8O2.Mg/c1-3-5(6)7-4-2;/h3H,1,4H2,2H3;. The van der Waals surface area contributed by atoms with Gasteiger partial charge in [-0.25, -0.2) is 4.79 Å². The van der Waals surface area contributed by atoms with Gasteiger partial charge in [-0.05, 0) is 6.92 Å². The fourth-order valence-electron chi connectivity index (χ4n) is 0.201. The van der Waals surface area contributed by atoms with Gasteiger partial charge in [0.2, 0.25) is 0 Å². The summed E-state index contributed by atoms with van der Waals surface area (Å²) in [6, 6.07) is 0. The summed E-state index contributed by atoms with van der Waals surface area (Å²) in [5, 5.41) is 0. The Kier molecular flexibility index (Phi) is 9.48. The molecule has 2 radical (unpaired) electrons. The summed E-state index contributed by atoms with van der Waals surface area (Å²) in [7, 11) is 0. The maximum Gasteiger partial charge on any atom is 0.330 e. The Balaban J connectivity index is 0. The van der Waals surface area contributed by atoms with Gasteiger partial charge < -0.3 is 4.74 Å². The smallest absolute Gasteiger partial charge is 0.330 e. The van der Waals surface area contributed by atoms with E-state index in [1.165, 1.54) is 0 Å². The highest BCUT2D eigenvalue weighted by Crippen LogP contribution is 1.74. The summed E-state index contributed by atoms with van der Waals surface area (Å²) >= 11 is 0. The second kappa shape index (κ2) is 6.98. The Bertz CT molecular complexity index is 80.5. The van der Waals surface area contributed by atoms with Gasteiger partial charge in [0.05, 0.1) is 6.61 Å². The van der Waals surface area contributed by atoms with Crippen molar-refractivity contribution in [2.45, 2.75) is 6.92 Å². The molecule has 0 aromatic heterocycles. The van der Waals surface area contributed by atoms with E-state index in [1.807, 2.05) is 0 Å². The van der Waals surface area contributed by atoms with Crippen LogP contribution in [0.2, 0.25) is 0 Å². The Hall–Kier alpha value is -0.0238. The number of rotatable bonds is 2. The lowest BCUT2D eigenvalue weighted by molar-refractivity contribution is -0.137. The van der Waals surface area contributed by atoms with Crippen LogP contribution in [-0.2, 0) is 9.53 Å². The molecular formula is C5H8MgO2. The molecule has 0 saturated carbocycles. The van der Waals surface area contributed by atoms with Crippen molar-refractivity contribution in [2.75, 3.05) is 6.61 Å². The topological polar surface area (TPSA) is 26.3 Å². The zero-order chi connectivity index (χ0) is 5.70. The van der Waals surface area contributed by atoms with Crippen LogP contribution < -0.4 is 0 Å². The van der Waals surface area contributed by atoms with Gasteiger partial charge in [0.15, 0.2) is 0 Å². The minimum Gasteiger partial charge on any atom is -0.463 e. The molecule has 0 aliphatic heterocycles. The van der Waals surface area contributed by atoms with Crippen LogP contribution >= 0.6 is 0 Å². The predicted molar refractivity (Wildman–Crippen MR) is 32.6 cm³/mol. The maximum atomic E-state index is 10.1. The van der Waals surface area contributed by atoms with E-state index < -0.39 is 0 Å². The van der Waals surface area contributed by atoms with E-state index in [9.17, 15) is 4.79 Å². The fourth-order valence-corrected chi connectivity index (χ4v) is 0.201. The molecule has 0 aliphatic rings. The van der Waals surface area contributed by atoms with Crippen molar-refractivity contribution in [2.24, 2.45) is 0 Å². The van der Waals surface area contributed by atoms with Gasteiger partial charge in [-0.3, -0.25) is 0 Å². The largest absolute Gasteiger partial charge is 0.463 e. The number of ether oxygens (including phenoxy) is 1. The Morgan fingerprint density at radius 1 is 1.88 bits per heavy atom. The number of carbonyl (C=O) groups excluding carboxylic acids is 1. The minimum atomic E-state index is -0.359. The van der Waals surface area contributed by atoms with E-state index in [0.29, 0.717) is 6.61 Å². The van der Waals surface area contributed by atoms with Crippen molar-refractivity contribution in [1.29, 1.82) is 0 Å². The quantitative estimate of drug-likeness (QED) is 0.302. The third-order valence-electron chi connectivity index (χ3n) is 0.453. The van der Waals surface area contributed by atoms with Crippen LogP contribution in [0.25, 0.3) is 0 Å². The first-order chi connectivity index (χ1) is 3.31. The van der Waals surface area contributed by atoms with E-state index >= 15 is 0 Å². The van der Waals surface area contributed by atoms with Gasteiger partial charge in [-0.2, -0.15) is 0 Å². The molecule has 8 heavy (non-hydrogen) atoms. The minimum absolute atomic E-state index is 0. The van der Waals surface area contributed by atoms with Crippen molar-refractivity contribution < 1.29 is 9.53 Å². The molecular weight excluding hydrogens is 116 g/mol. The van der Waals surface area contributed by atoms with Crippen LogP contribution in [0.15, 0.2) is 12.7 Å². The molecule has 0 spiro atoms. The Morgan fingerprint density at radius 3 is 2.50 bits per heavy atom. The van der Waals surface area contributed by atoms with Crippen LogP contribution in [0.3, 0.4) is 0 Å². The third-order valence-corrected chi connectivity index (χ3v) is 0.453. The second-order valence-electron chi connectivity index (χ2n) is 0.956. The van der Waals surface area contributed by atoms with Crippen molar-refractivity contribution in [3.8, 4) is 0 Å². The highest BCUT2D eigenvalue weighted by molar-refractivity contribution is 5.81. The molecule has 0 amide bonds. The Morgan fingerprint density at radius 2 is 2.38 bits per heavy atom. The molecule has 0 fully saturated rings. The van der Waals surface area contributed by atoms with Crippen LogP contribution in [-0.4, -0.2) is 35.6 Å². The molecule has 3 heteroatoms. The molecule has 0 N–H and O–H groups in total. The average molecular weight is 124 g/mol. The zero-order valence-corrected chi connectivity index (χ0v) is 6.43. The molecule has 2 nitrogen and oxygen atoms in total. The van der Waals surface area contributed by atoms with Gasteiger partial charge >= 0.3 is 5.97 Å². The van der Waals surface area contributed by atoms with Gasteiger partial charge in [0.1, 0.15) is 0 Å². The van der Waals surface area contributed by atoms with Crippen molar-refractivity contribution in [1.82, 2.24) is 0 Å². The molecule has 0 atom stereocenters. The number of esters is 1. The summed E-state index contributed by atoms with van der Waals surface area (Å²) in [4.78, 5) is 10.1. The van der Waals surface area contributed by atoms with Crippen LogP contribution in [0.5, 0.6) is 0 Å². The molecule has 0 bridgehead atoms. The molecule has 42 valence electrons. The second-order valence-corrected chi connectivity index (χ2v) is 0.956. The lowest BCUT2D eigenvalue weighted by atomic mass is 10.6. The monoisotopic (exact) mass is 124 g/mol. The highest BCUT2D eigenvalue weighted by atomic mass is 24.3. The summed E-state index contributed by atoms with van der Waals surface area (Å²) in [5.41, 5.74) is 0. The molecule has 0 aromatic carbocycles. The highest BCUT2D eigenvalue weighted by Gasteiger charge is 1.86. The lowest BCUT2D eigenvalue weighted by Gasteiger charge is -1.90. The van der Waals surface area contributed by atoms with E-state index in [0.717, 1.165) is 6.08 Å². The van der Waals surface area contributed by atoms with E-state index in [1.54, 1.807) is 6.92 Å². The summed E-state index contributed by atoms with van der Waals surface area (Å²) in [6.07, 6.45) is 1.14. The van der Waals surface area contributed by atoms with Crippen LogP contribution in [0.4, 0.5) is 0 Å². The van der Waals surface area contributed by atoms with Gasteiger partial charge in [0.25, 0.3) is 0 Å². The Labute approximate surface area is 65.1 Å². The number of hydrogen-bond acceptors (Lipinski definition) is 2. The first-order valence-electron chi connectivity index (χ1n) is 2.10. The normalized spacial score (nSPS) is 6.62. The SMILES string of the molecule is C=CC(=O)OCC.[Mg]. The summed E-state index contributed by atoms with van der Waals surface area (Å²) in [5.74, 6) is -0.359. The predicted octanol–water partition coefficient (Wildman–Crippen LogP) is 0.355. The zero-order valence-electron chi connectivity index (χ0n) is 5.02. The first kappa shape index (κ1) is 10.9. The molecule has 0 aromatic rings. The van der Waals surface area contributed by atoms with E-state index in [-0.39, 0.29) is 29.0 Å². The lowest BCUT2D eigenvalue weighted by Crippen LogP contribution is -1.97. The first-order valence-corrected chi connectivity index (χ1v) is 2.10. The van der Waals surface area contributed by atoms with Crippen molar-refractivity contribution >= 4 is 29.0 Å². The van der Waals surface area contributed by atoms with Gasteiger partial charge in [-0.1, -0.05) is 6.58 Å². The molecule has 0 heterocycles. The van der Waals surface area contributed by atoms with Crippen LogP contribution in [0.1, 0.15) is 6.92 Å². The van der Waals surface area contributed by atoms with Gasteiger partial charge in [-0.15, -0.1) is 0 Å². The van der Waals surface area contributed by atoms with E-state index in [2.05, 4.69) is 11.3 Å². The maximum absolute atomic E-state index is 10.1. The summed E-state index contributed by atoms with van der Waals surface area (Å²) in [6.45, 7) is 5.38. The number of carbonyl (C=O) groups is 1. The fraction of sp³-hybridized carbons (Fsp3) is 0.400. The van der Waals surface area contributed by atoms with E-state index in [4.69, 9.17) is 0 Å². The molecule has 0 unspecified atom stereocenters. The molecule has 0 aliphatic carbocycles. The molecule has 0 saturated heterocycles. The van der Waals surface area contributed by atoms with Crippen molar-refractivity contribution in [3.63, 3.8) is 0 Å². The average Bonchev–Trinajstić information content (AvgIpc) is 1.68. The molecule has 0 rings (SSSR count). The van der Waals surface area contributed by atoms with Crippen LogP contribution in [0, 0.1) is 0 Å². The number of hydrogen-bond donors (Lipinski definition) is 0. The van der Waals surface area contributed by atoms with Crippen molar-refractivity contribution in [3.05, 3.63) is 12.7 Å². The van der Waals surface area contributed by atoms with Gasteiger partial charge in [0, 0.05) is 29.1 Å².